The van der Waals surface area contributed by atoms with Gasteiger partial charge in [-0.15, -0.1) is 0 Å². The van der Waals surface area contributed by atoms with Crippen LogP contribution >= 0.6 is 0 Å². The fraction of sp³-hybridized carbons (Fsp3) is 0.0769. The number of furan rings is 1. The standard InChI is InChI=1S/C13H11N3O5/c1-20-10-4-2-3-9(7-10)13(17)15-14-8-11-5-6-12(21-11)16(18)19/h2-8H,1H3,(H,15,17)/b14-8+. The smallest absolute Gasteiger partial charge is 0.433 e. The van der Waals surface area contributed by atoms with Crippen molar-refractivity contribution in [3.8, 4) is 5.75 Å². The number of rotatable bonds is 5. The fourth-order valence-electron chi connectivity index (χ4n) is 1.49. The van der Waals surface area contributed by atoms with Crippen molar-refractivity contribution in [2.75, 3.05) is 7.11 Å². The number of hydrogen-bond acceptors (Lipinski definition) is 6. The van der Waals surface area contributed by atoms with Gasteiger partial charge in [0.1, 0.15) is 10.7 Å². The second-order valence-electron chi connectivity index (χ2n) is 3.86. The summed E-state index contributed by atoms with van der Waals surface area (Å²) in [7, 11) is 1.50. The van der Waals surface area contributed by atoms with Crippen LogP contribution in [0.25, 0.3) is 0 Å². The molecular weight excluding hydrogens is 278 g/mol. The van der Waals surface area contributed by atoms with Gasteiger partial charge in [0, 0.05) is 5.56 Å². The van der Waals surface area contributed by atoms with Gasteiger partial charge in [-0.1, -0.05) is 6.07 Å². The lowest BCUT2D eigenvalue weighted by Crippen LogP contribution is -2.17. The Hall–Kier alpha value is -3.16. The van der Waals surface area contributed by atoms with Crippen molar-refractivity contribution in [2.45, 2.75) is 0 Å². The topological polar surface area (TPSA) is 107 Å². The minimum atomic E-state index is -0.661. The minimum Gasteiger partial charge on any atom is -0.497 e. The van der Waals surface area contributed by atoms with E-state index >= 15 is 0 Å². The lowest BCUT2D eigenvalue weighted by molar-refractivity contribution is -0.402. The molecule has 1 heterocycles. The summed E-state index contributed by atoms with van der Waals surface area (Å²) in [6.45, 7) is 0. The molecule has 21 heavy (non-hydrogen) atoms. The first-order valence-corrected chi connectivity index (χ1v) is 5.82. The van der Waals surface area contributed by atoms with E-state index in [4.69, 9.17) is 9.15 Å². The predicted molar refractivity (Wildman–Crippen MR) is 73.4 cm³/mol. The number of hydrazone groups is 1. The quantitative estimate of drug-likeness (QED) is 0.514. The lowest BCUT2D eigenvalue weighted by Gasteiger charge is -2.02. The summed E-state index contributed by atoms with van der Waals surface area (Å²) in [6, 6.07) is 9.12. The van der Waals surface area contributed by atoms with Gasteiger partial charge in [-0.25, -0.2) is 5.43 Å². The fourth-order valence-corrected chi connectivity index (χ4v) is 1.49. The number of nitrogens with zero attached hydrogens (tertiary/aromatic N) is 2. The van der Waals surface area contributed by atoms with Crippen molar-refractivity contribution in [2.24, 2.45) is 5.10 Å². The molecule has 1 aromatic heterocycles. The molecule has 2 rings (SSSR count). The monoisotopic (exact) mass is 289 g/mol. The Labute approximate surface area is 119 Å². The molecule has 0 saturated heterocycles. The molecule has 0 spiro atoms. The second kappa shape index (κ2) is 6.33. The molecule has 1 amide bonds. The first kappa shape index (κ1) is 14.3. The Morgan fingerprint density at radius 2 is 2.24 bits per heavy atom. The highest BCUT2D eigenvalue weighted by atomic mass is 16.6. The maximum Gasteiger partial charge on any atom is 0.433 e. The molecule has 0 unspecified atom stereocenters. The van der Waals surface area contributed by atoms with E-state index in [2.05, 4.69) is 10.5 Å². The van der Waals surface area contributed by atoms with E-state index in [0.29, 0.717) is 11.3 Å². The van der Waals surface area contributed by atoms with Crippen molar-refractivity contribution in [1.29, 1.82) is 0 Å². The highest BCUT2D eigenvalue weighted by Crippen LogP contribution is 2.14. The van der Waals surface area contributed by atoms with Gasteiger partial charge in [0.05, 0.1) is 19.4 Å². The minimum absolute atomic E-state index is 0.160. The molecule has 8 nitrogen and oxygen atoms in total. The highest BCUT2D eigenvalue weighted by molar-refractivity contribution is 5.95. The van der Waals surface area contributed by atoms with Crippen LogP contribution in [0.4, 0.5) is 5.88 Å². The number of hydrogen-bond donors (Lipinski definition) is 1. The summed E-state index contributed by atoms with van der Waals surface area (Å²) in [5, 5.41) is 14.1. The SMILES string of the molecule is COc1cccc(C(=O)N/N=C/c2ccc([N+](=O)[O-])o2)c1. The molecular formula is C13H11N3O5. The third-order valence-electron chi connectivity index (χ3n) is 2.48. The molecule has 0 radical (unpaired) electrons. The predicted octanol–water partition coefficient (Wildman–Crippen LogP) is 1.96. The largest absolute Gasteiger partial charge is 0.497 e. The maximum atomic E-state index is 11.8. The van der Waals surface area contributed by atoms with Crippen LogP contribution in [0.2, 0.25) is 0 Å². The van der Waals surface area contributed by atoms with Gasteiger partial charge < -0.3 is 9.15 Å². The molecule has 108 valence electrons. The molecule has 1 N–H and O–H groups in total. The van der Waals surface area contributed by atoms with Gasteiger partial charge in [-0.2, -0.15) is 5.10 Å². The lowest BCUT2D eigenvalue weighted by atomic mass is 10.2. The van der Waals surface area contributed by atoms with Crippen molar-refractivity contribution in [1.82, 2.24) is 5.43 Å². The summed E-state index contributed by atoms with van der Waals surface area (Å²) in [4.78, 5) is 21.6. The van der Waals surface area contributed by atoms with Gasteiger partial charge in [-0.3, -0.25) is 14.9 Å². The molecule has 0 atom stereocenters. The molecule has 0 aliphatic rings. The van der Waals surface area contributed by atoms with Crippen LogP contribution < -0.4 is 10.2 Å². The zero-order valence-corrected chi connectivity index (χ0v) is 11.0. The van der Waals surface area contributed by atoms with Crippen LogP contribution in [-0.2, 0) is 0 Å². The van der Waals surface area contributed by atoms with E-state index in [1.807, 2.05) is 0 Å². The van der Waals surface area contributed by atoms with Crippen LogP contribution in [0.15, 0.2) is 45.9 Å². The molecule has 0 saturated carbocycles. The second-order valence-corrected chi connectivity index (χ2v) is 3.86. The third kappa shape index (κ3) is 3.66. The van der Waals surface area contributed by atoms with Gasteiger partial charge >= 0.3 is 5.88 Å². The van der Waals surface area contributed by atoms with E-state index in [-0.39, 0.29) is 5.76 Å². The van der Waals surface area contributed by atoms with Crippen molar-refractivity contribution in [3.05, 3.63) is 57.8 Å². The number of carbonyl (C=O) groups is 1. The van der Waals surface area contributed by atoms with E-state index in [1.165, 1.54) is 25.5 Å². The molecule has 8 heteroatoms. The molecule has 2 aromatic rings. The summed E-state index contributed by atoms with van der Waals surface area (Å²) in [5.41, 5.74) is 2.65. The zero-order valence-electron chi connectivity index (χ0n) is 11.0. The number of ether oxygens (including phenoxy) is 1. The van der Waals surface area contributed by atoms with Crippen molar-refractivity contribution in [3.63, 3.8) is 0 Å². The summed E-state index contributed by atoms with van der Waals surface area (Å²) >= 11 is 0. The normalized spacial score (nSPS) is 10.5. The van der Waals surface area contributed by atoms with Gasteiger partial charge in [-0.05, 0) is 24.3 Å². The van der Waals surface area contributed by atoms with Crippen LogP contribution in [0, 0.1) is 10.1 Å². The van der Waals surface area contributed by atoms with Gasteiger partial charge in [0.2, 0.25) is 0 Å². The summed E-state index contributed by atoms with van der Waals surface area (Å²) in [6.07, 6.45) is 1.17. The maximum absolute atomic E-state index is 11.8. The zero-order chi connectivity index (χ0) is 15.2. The molecule has 0 bridgehead atoms. The first-order chi connectivity index (χ1) is 10.1. The number of nitro groups is 1. The van der Waals surface area contributed by atoms with E-state index in [1.54, 1.807) is 24.3 Å². The van der Waals surface area contributed by atoms with E-state index < -0.39 is 16.7 Å². The molecule has 0 aliphatic heterocycles. The Morgan fingerprint density at radius 3 is 2.90 bits per heavy atom. The Morgan fingerprint density at radius 1 is 1.43 bits per heavy atom. The van der Waals surface area contributed by atoms with Crippen LogP contribution in [0.1, 0.15) is 16.1 Å². The average molecular weight is 289 g/mol. The number of benzene rings is 1. The average Bonchev–Trinajstić information content (AvgIpc) is 2.96. The number of carbonyl (C=O) groups excluding carboxylic acids is 1. The van der Waals surface area contributed by atoms with Crippen LogP contribution in [0.5, 0.6) is 5.75 Å². The van der Waals surface area contributed by atoms with E-state index in [9.17, 15) is 14.9 Å². The number of methoxy groups -OCH3 is 1. The van der Waals surface area contributed by atoms with Gasteiger partial charge in [0.15, 0.2) is 5.76 Å². The highest BCUT2D eigenvalue weighted by Gasteiger charge is 2.10. The Kier molecular flexibility index (Phi) is 4.30. The summed E-state index contributed by atoms with van der Waals surface area (Å²) in [5.74, 6) is -0.122. The third-order valence-corrected chi connectivity index (χ3v) is 2.48. The van der Waals surface area contributed by atoms with Crippen LogP contribution in [-0.4, -0.2) is 24.2 Å². The van der Waals surface area contributed by atoms with Crippen molar-refractivity contribution >= 4 is 18.0 Å². The van der Waals surface area contributed by atoms with Crippen molar-refractivity contribution < 1.29 is 18.9 Å². The Bertz CT molecular complexity index is 693. The first-order valence-electron chi connectivity index (χ1n) is 5.82. The Balaban J connectivity index is 1.99. The van der Waals surface area contributed by atoms with Crippen LogP contribution in [0.3, 0.4) is 0 Å². The molecule has 0 aliphatic carbocycles. The summed E-state index contributed by atoms with van der Waals surface area (Å²) < 4.78 is 9.86. The molecule has 0 fully saturated rings. The van der Waals surface area contributed by atoms with Gasteiger partial charge in [0.25, 0.3) is 5.91 Å². The number of nitrogens with one attached hydrogen (secondary N) is 1. The van der Waals surface area contributed by atoms with E-state index in [0.717, 1.165) is 0 Å². The molecule has 1 aromatic carbocycles. The number of amides is 1.